The molecule has 45 aliphatic rings. The minimum atomic E-state index is 0.918. The second-order valence-corrected chi connectivity index (χ2v) is 33.3. The molecule has 0 aromatic carbocycles. The summed E-state index contributed by atoms with van der Waals surface area (Å²) in [4.78, 5) is 0. The predicted octanol–water partition coefficient (Wildman–Crippen LogP) is 5.72. The molecule has 0 nitrogen and oxygen atoms in total. The molecular formula is C52H36. The molecule has 0 aromatic heterocycles. The van der Waals surface area contributed by atoms with Crippen molar-refractivity contribution in [1.29, 1.82) is 0 Å². The molecule has 27 spiro atoms. The van der Waals surface area contributed by atoms with Crippen molar-refractivity contribution in [2.75, 3.05) is 0 Å². The Bertz CT molecular complexity index is 3360. The number of hydrogen-bond acceptors (Lipinski definition) is 0. The average Bonchev–Trinajstić information content (AvgIpc) is 3.90. The highest BCUT2D eigenvalue weighted by Crippen LogP contribution is 3.70. The minimum absolute atomic E-state index is 0.918. The summed E-state index contributed by atoms with van der Waals surface area (Å²) >= 11 is 0. The van der Waals surface area contributed by atoms with Crippen molar-refractivity contribution >= 4 is 0 Å². The van der Waals surface area contributed by atoms with Crippen LogP contribution in [0.2, 0.25) is 0 Å². The van der Waals surface area contributed by atoms with Crippen LogP contribution in [0.25, 0.3) is 0 Å². The fourth-order valence-corrected chi connectivity index (χ4v) is 56.9. The molecule has 0 aliphatic heterocycles. The molecule has 0 N–H and O–H groups in total. The lowest BCUT2D eigenvalue weighted by Crippen LogP contribution is -3.29. The van der Waals surface area contributed by atoms with Crippen LogP contribution >= 0.6 is 0 Å². The van der Waals surface area contributed by atoms with E-state index in [1.165, 1.54) is 94.7 Å². The quantitative estimate of drug-likeness (QED) is 0.338. The lowest BCUT2D eigenvalue weighted by atomic mass is 8.72. The van der Waals surface area contributed by atoms with E-state index in [1.54, 1.807) is 6.42 Å². The Morgan fingerprint density at radius 3 is 2.21 bits per heavy atom. The van der Waals surface area contributed by atoms with Gasteiger partial charge in [-0.1, -0.05) is 20.3 Å². The van der Waals surface area contributed by atoms with Crippen molar-refractivity contribution in [3.63, 3.8) is 0 Å². The molecule has 45 rings (SSSR count). The maximum Gasteiger partial charge on any atom is -0.000428 e. The van der Waals surface area contributed by atoms with Crippen LogP contribution in [0.15, 0.2) is 0 Å². The van der Waals surface area contributed by atoms with Gasteiger partial charge in [0.2, 0.25) is 0 Å². The van der Waals surface area contributed by atoms with E-state index in [0.29, 0.717) is 0 Å². The van der Waals surface area contributed by atoms with Gasteiger partial charge in [0.25, 0.3) is 0 Å². The topological polar surface area (TPSA) is 0 Å². The Morgan fingerprint density at radius 2 is 1.27 bits per heavy atom. The first kappa shape index (κ1) is 18.3. The van der Waals surface area contributed by atoms with Gasteiger partial charge in [0.05, 0.1) is 0 Å². The summed E-state index contributed by atoms with van der Waals surface area (Å²) in [5.41, 5.74) is 28.3. The van der Waals surface area contributed by atoms with Gasteiger partial charge in [-0.2, -0.15) is 0 Å². The van der Waals surface area contributed by atoms with Crippen molar-refractivity contribution < 1.29 is 0 Å². The molecular weight excluding hydrogens is 625 g/mol. The summed E-state index contributed by atoms with van der Waals surface area (Å²) in [6.07, 6.45) is 13.5. The molecule has 45 saturated carbocycles. The van der Waals surface area contributed by atoms with E-state index in [2.05, 4.69) is 13.8 Å². The summed E-state index contributed by atoms with van der Waals surface area (Å²) in [6, 6.07) is 0. The summed E-state index contributed by atoms with van der Waals surface area (Å²) in [7, 11) is 0. The van der Waals surface area contributed by atoms with Crippen LogP contribution in [0.3, 0.4) is 0 Å². The molecule has 244 valence electrons. The standard InChI is InChI=1S/C52H36/c1-3-11-16-15-12-4-27-8-31-36(11,33(12,16)27)39(27)24-21-25-42-32-9-28-6-26-7-29(28)10(2)14(15)22(26)40(31,42)38(21,41(24,31)39)44(25)48(32)43-23-20-19-18-17-13-5-30(29)37(13)34(17,19)49(35(18,20)43)45(23,50(42,43)44)52(48)47(28,32)46(26,30)51(37,49)52/h10-25H,3-9H2,1-2H3/t10?,11?,12?,13?,14?,15?,16?,17?,18?,19?,20?,21?,22?,23?,24?,25?,26?,27?,28?,29?,30?,31?,32?,33?,34?,35?,36?,37?,38?,39?,40-,41?,42?,43?,44?,45?,46?,47?,48?,49?,50?,51?,52?/m1/s1. The molecule has 25 bridgehead atoms. The van der Waals surface area contributed by atoms with E-state index >= 15 is 0 Å². The zero-order valence-electron chi connectivity index (χ0n) is 29.7. The van der Waals surface area contributed by atoms with Gasteiger partial charge in [-0.15, -0.1) is 0 Å². The summed E-state index contributed by atoms with van der Waals surface area (Å²) in [6.45, 7) is 6.14. The largest absolute Gasteiger partial charge is 0.0651 e. The van der Waals surface area contributed by atoms with E-state index in [1.807, 2.05) is 38.5 Å². The van der Waals surface area contributed by atoms with Gasteiger partial charge in [0, 0.05) is 0 Å². The number of rotatable bonds is 1. The Balaban J connectivity index is 0.959. The van der Waals surface area contributed by atoms with Crippen LogP contribution in [0.4, 0.5) is 0 Å². The zero-order chi connectivity index (χ0) is 29.7. The molecule has 0 saturated heterocycles. The molecule has 0 heteroatoms. The van der Waals surface area contributed by atoms with E-state index < -0.39 is 0 Å². The maximum atomic E-state index is 3.29. The third-order valence-corrected chi connectivity index (χ3v) is 44.2. The molecule has 52 heavy (non-hydrogen) atoms. The van der Waals surface area contributed by atoms with E-state index in [9.17, 15) is 0 Å². The van der Waals surface area contributed by atoms with E-state index in [-0.39, 0.29) is 0 Å². The SMILES string of the molecule is CCC1C2C3C4C(C)C56CC78CC59CC5%10C%11%12C%13%14C%15C%16C%17C%18C%19C%20CC6%21C%206C%17%19C%17(C%18%16%13)C%15(C%11%13C95C7%21C6%17%13)C%145C%126C7C9C%11C%12%13C%14%15CC3C2%14C1%12C1(C%15)C%11%13C96[C@]1(C48)C7%105. The highest BCUT2D eigenvalue weighted by atomic mass is 15.7. The first-order valence-corrected chi connectivity index (χ1v) is 25.6. The fraction of sp³-hybridized carbons (Fsp3) is 1.00. The number of fused-ring (bicyclic) bond motifs is 2. The molecule has 0 aromatic rings. The van der Waals surface area contributed by atoms with Gasteiger partial charge < -0.3 is 0 Å². The van der Waals surface area contributed by atoms with Crippen LogP contribution in [-0.2, 0) is 0 Å². The van der Waals surface area contributed by atoms with E-state index in [0.717, 1.165) is 146 Å². The van der Waals surface area contributed by atoms with Crippen LogP contribution in [0, 0.1) is 241 Å². The number of hydrogen-bond donors (Lipinski definition) is 0. The molecule has 0 radical (unpaired) electrons. The molecule has 0 amide bonds. The predicted molar refractivity (Wildman–Crippen MR) is 165 cm³/mol. The smallest absolute Gasteiger partial charge is 0.000428 e. The van der Waals surface area contributed by atoms with Gasteiger partial charge in [0.1, 0.15) is 0 Å². The molecule has 42 unspecified atom stereocenters. The first-order valence-electron chi connectivity index (χ1n) is 25.6. The highest BCUT2D eigenvalue weighted by molar-refractivity contribution is 6.14. The minimum Gasteiger partial charge on any atom is -0.0651 e. The molecule has 45 fully saturated rings. The lowest BCUT2D eigenvalue weighted by molar-refractivity contribution is -0.858. The van der Waals surface area contributed by atoms with E-state index in [4.69, 9.17) is 0 Å². The Morgan fingerprint density at radius 1 is 0.442 bits per heavy atom. The second kappa shape index (κ2) is 2.71. The Hall–Kier alpha value is 0. The van der Waals surface area contributed by atoms with Crippen LogP contribution in [0.5, 0.6) is 0 Å². The lowest BCUT2D eigenvalue weighted by Gasteiger charge is -3.30. The van der Waals surface area contributed by atoms with Crippen LogP contribution in [-0.4, -0.2) is 0 Å². The normalized spacial score (nSPS) is 136. The van der Waals surface area contributed by atoms with Gasteiger partial charge in [-0.25, -0.2) is 0 Å². The van der Waals surface area contributed by atoms with Crippen LogP contribution < -0.4 is 0 Å². The van der Waals surface area contributed by atoms with Crippen molar-refractivity contribution in [1.82, 2.24) is 0 Å². The molecule has 43 atom stereocenters. The van der Waals surface area contributed by atoms with Crippen molar-refractivity contribution in [2.24, 2.45) is 241 Å². The van der Waals surface area contributed by atoms with Gasteiger partial charge in [0.15, 0.2) is 0 Å². The van der Waals surface area contributed by atoms with Gasteiger partial charge in [-0.3, -0.25) is 0 Å². The summed E-state index contributed by atoms with van der Waals surface area (Å²) in [5, 5.41) is 0. The van der Waals surface area contributed by atoms with Crippen molar-refractivity contribution in [3.05, 3.63) is 0 Å². The zero-order valence-corrected chi connectivity index (χ0v) is 29.7. The Labute approximate surface area is 298 Å². The average molecular weight is 661 g/mol. The van der Waals surface area contributed by atoms with Crippen molar-refractivity contribution in [2.45, 2.75) is 58.8 Å². The third-order valence-electron chi connectivity index (χ3n) is 44.2. The molecule has 45 aliphatic carbocycles. The van der Waals surface area contributed by atoms with Gasteiger partial charge in [-0.05, 0) is 279 Å². The molecule has 0 heterocycles. The Kier molecular flexibility index (Phi) is 0.952. The second-order valence-electron chi connectivity index (χ2n) is 33.3. The monoisotopic (exact) mass is 660 g/mol. The third kappa shape index (κ3) is 0.391. The first-order chi connectivity index (χ1) is 25.6. The van der Waals surface area contributed by atoms with Crippen molar-refractivity contribution in [3.8, 4) is 0 Å². The maximum absolute atomic E-state index is 3.29. The summed E-state index contributed by atoms with van der Waals surface area (Å²) in [5.74, 6) is 21.7. The van der Waals surface area contributed by atoms with Gasteiger partial charge >= 0.3 is 0 Å². The fourth-order valence-electron chi connectivity index (χ4n) is 56.9. The van der Waals surface area contributed by atoms with Crippen LogP contribution in [0.1, 0.15) is 58.8 Å². The summed E-state index contributed by atoms with van der Waals surface area (Å²) < 4.78 is 0. The highest BCUT2D eigenvalue weighted by Gasteiger charge is 3.69.